The molecule has 0 radical (unpaired) electrons. The van der Waals surface area contributed by atoms with Crippen LogP contribution in [-0.4, -0.2) is 22.1 Å². The molecule has 0 saturated carbocycles. The molecular weight excluding hydrogens is 260 g/mol. The van der Waals surface area contributed by atoms with Crippen molar-refractivity contribution in [2.24, 2.45) is 5.92 Å². The van der Waals surface area contributed by atoms with Crippen LogP contribution in [-0.2, 0) is 17.9 Å². The van der Waals surface area contributed by atoms with E-state index in [9.17, 15) is 9.59 Å². The van der Waals surface area contributed by atoms with Gasteiger partial charge >= 0.3 is 5.76 Å². The van der Waals surface area contributed by atoms with Gasteiger partial charge < -0.3 is 14.8 Å². The molecule has 0 aliphatic heterocycles. The summed E-state index contributed by atoms with van der Waals surface area (Å²) in [6.45, 7) is 4.33. The van der Waals surface area contributed by atoms with E-state index in [1.807, 2.05) is 13.8 Å². The third-order valence-electron chi connectivity index (χ3n) is 2.92. The fourth-order valence-electron chi connectivity index (χ4n) is 1.87. The lowest BCUT2D eigenvalue weighted by molar-refractivity contribution is -0.121. The number of fused-ring (bicyclic) bond motifs is 1. The second kappa shape index (κ2) is 5.92. The molecule has 6 nitrogen and oxygen atoms in total. The number of nitrogens with zero attached hydrogens (tertiary/aromatic N) is 1. The van der Waals surface area contributed by atoms with Gasteiger partial charge in [0.05, 0.1) is 12.1 Å². The van der Waals surface area contributed by atoms with Crippen LogP contribution >= 0.6 is 0 Å². The Labute approximate surface area is 116 Å². The highest BCUT2D eigenvalue weighted by atomic mass is 16.4. The Hall–Kier alpha value is -2.08. The third kappa shape index (κ3) is 3.08. The number of hydrogen-bond donors (Lipinski definition) is 2. The number of hydrogen-bond acceptors (Lipinski definition) is 4. The van der Waals surface area contributed by atoms with Crippen molar-refractivity contribution in [1.82, 2.24) is 9.88 Å². The first-order chi connectivity index (χ1) is 9.51. The molecule has 6 heteroatoms. The minimum Gasteiger partial charge on any atom is -0.408 e. The van der Waals surface area contributed by atoms with E-state index in [0.717, 1.165) is 0 Å². The Morgan fingerprint density at radius 3 is 2.85 bits per heavy atom. The minimum atomic E-state index is -0.574. The monoisotopic (exact) mass is 278 g/mol. The molecule has 1 aromatic heterocycles. The van der Waals surface area contributed by atoms with Crippen LogP contribution in [0.25, 0.3) is 11.1 Å². The first kappa shape index (κ1) is 14.3. The van der Waals surface area contributed by atoms with Gasteiger partial charge in [-0.25, -0.2) is 4.79 Å². The molecule has 1 aromatic carbocycles. The van der Waals surface area contributed by atoms with Crippen LogP contribution in [0.2, 0.25) is 0 Å². The van der Waals surface area contributed by atoms with Crippen molar-refractivity contribution in [3.63, 3.8) is 0 Å². The van der Waals surface area contributed by atoms with E-state index in [4.69, 9.17) is 9.52 Å². The Kier molecular flexibility index (Phi) is 4.24. The van der Waals surface area contributed by atoms with Gasteiger partial charge in [0.15, 0.2) is 5.58 Å². The highest BCUT2D eigenvalue weighted by Gasteiger charge is 2.13. The van der Waals surface area contributed by atoms with Crippen LogP contribution in [0.3, 0.4) is 0 Å². The Morgan fingerprint density at radius 1 is 1.45 bits per heavy atom. The van der Waals surface area contributed by atoms with Crippen molar-refractivity contribution in [3.05, 3.63) is 34.3 Å². The fourth-order valence-corrected chi connectivity index (χ4v) is 1.87. The van der Waals surface area contributed by atoms with Crippen molar-refractivity contribution in [2.75, 3.05) is 6.54 Å². The minimum absolute atomic E-state index is 0.0898. The largest absolute Gasteiger partial charge is 0.420 e. The van der Waals surface area contributed by atoms with Crippen molar-refractivity contribution < 1.29 is 14.3 Å². The fraction of sp³-hybridized carbons (Fsp3) is 0.429. The van der Waals surface area contributed by atoms with Gasteiger partial charge in [-0.1, -0.05) is 19.9 Å². The number of rotatable bonds is 5. The molecule has 0 saturated heterocycles. The number of oxazole rings is 1. The van der Waals surface area contributed by atoms with Crippen molar-refractivity contribution in [1.29, 1.82) is 0 Å². The summed E-state index contributed by atoms with van der Waals surface area (Å²) in [5, 5.41) is 11.9. The molecule has 0 aliphatic rings. The molecule has 0 bridgehead atoms. The predicted octanol–water partition coefficient (Wildman–Crippen LogP) is 0.859. The summed E-state index contributed by atoms with van der Waals surface area (Å²) in [6, 6.07) is 4.94. The van der Waals surface area contributed by atoms with Gasteiger partial charge in [-0.2, -0.15) is 0 Å². The topological polar surface area (TPSA) is 84.5 Å². The molecule has 0 spiro atoms. The average Bonchev–Trinajstić information content (AvgIpc) is 2.72. The second-order valence-electron chi connectivity index (χ2n) is 5.11. The van der Waals surface area contributed by atoms with E-state index in [1.54, 1.807) is 18.2 Å². The van der Waals surface area contributed by atoms with Gasteiger partial charge in [-0.05, 0) is 23.6 Å². The van der Waals surface area contributed by atoms with Crippen LogP contribution < -0.4 is 11.1 Å². The van der Waals surface area contributed by atoms with Crippen LogP contribution in [0.15, 0.2) is 27.4 Å². The van der Waals surface area contributed by atoms with Crippen molar-refractivity contribution in [2.45, 2.75) is 27.0 Å². The second-order valence-corrected chi connectivity index (χ2v) is 5.11. The lowest BCUT2D eigenvalue weighted by Gasteiger charge is -2.07. The molecule has 2 N–H and O–H groups in total. The van der Waals surface area contributed by atoms with Gasteiger partial charge in [-0.15, -0.1) is 0 Å². The maximum atomic E-state index is 11.8. The lowest BCUT2D eigenvalue weighted by atomic mass is 10.2. The predicted molar refractivity (Wildman–Crippen MR) is 74.2 cm³/mol. The van der Waals surface area contributed by atoms with Crippen molar-refractivity contribution >= 4 is 17.0 Å². The molecule has 0 fully saturated rings. The molecular formula is C14H18N2O4. The zero-order valence-corrected chi connectivity index (χ0v) is 11.5. The van der Waals surface area contributed by atoms with Gasteiger partial charge in [0.1, 0.15) is 6.54 Å². The molecule has 108 valence electrons. The molecule has 0 aliphatic carbocycles. The number of aliphatic hydroxyl groups excluding tert-OH is 1. The van der Waals surface area contributed by atoms with E-state index in [-0.39, 0.29) is 19.1 Å². The van der Waals surface area contributed by atoms with Gasteiger partial charge in [0, 0.05) is 6.54 Å². The van der Waals surface area contributed by atoms with Gasteiger partial charge in [0.25, 0.3) is 0 Å². The zero-order chi connectivity index (χ0) is 14.7. The summed E-state index contributed by atoms with van der Waals surface area (Å²) in [4.78, 5) is 23.6. The van der Waals surface area contributed by atoms with Crippen LogP contribution in [0.5, 0.6) is 0 Å². The van der Waals surface area contributed by atoms with Crippen LogP contribution in [0.4, 0.5) is 0 Å². The van der Waals surface area contributed by atoms with Crippen LogP contribution in [0.1, 0.15) is 19.4 Å². The highest BCUT2D eigenvalue weighted by Crippen LogP contribution is 2.15. The maximum Gasteiger partial charge on any atom is 0.420 e. The van der Waals surface area contributed by atoms with Crippen LogP contribution in [0, 0.1) is 5.92 Å². The van der Waals surface area contributed by atoms with Gasteiger partial charge in [0.2, 0.25) is 5.91 Å². The number of carbonyl (C=O) groups excluding carboxylic acids is 1. The van der Waals surface area contributed by atoms with E-state index in [1.165, 1.54) is 4.57 Å². The number of aliphatic hydroxyl groups is 1. The smallest absolute Gasteiger partial charge is 0.408 e. The number of amides is 1. The SMILES string of the molecule is CC(C)CNC(=O)Cn1c(=O)oc2ccc(CO)cc21. The third-order valence-corrected chi connectivity index (χ3v) is 2.92. The Balaban J connectivity index is 2.26. The number of carbonyl (C=O) groups is 1. The Bertz CT molecular complexity index is 669. The first-order valence-corrected chi connectivity index (χ1v) is 6.51. The summed E-state index contributed by atoms with van der Waals surface area (Å²) in [7, 11) is 0. The molecule has 1 heterocycles. The summed E-state index contributed by atoms with van der Waals surface area (Å²) < 4.78 is 6.34. The summed E-state index contributed by atoms with van der Waals surface area (Å²) in [6.07, 6.45) is 0. The molecule has 20 heavy (non-hydrogen) atoms. The normalized spacial score (nSPS) is 11.2. The van der Waals surface area contributed by atoms with E-state index < -0.39 is 5.76 Å². The van der Waals surface area contributed by atoms with E-state index in [2.05, 4.69) is 5.32 Å². The standard InChI is InChI=1S/C14H18N2O4/c1-9(2)6-15-13(18)7-16-11-5-10(8-17)3-4-12(11)20-14(16)19/h3-5,9,17H,6-8H2,1-2H3,(H,15,18). The highest BCUT2D eigenvalue weighted by molar-refractivity contribution is 5.79. The van der Waals surface area contributed by atoms with E-state index in [0.29, 0.717) is 29.1 Å². The average molecular weight is 278 g/mol. The zero-order valence-electron chi connectivity index (χ0n) is 11.5. The molecule has 0 atom stereocenters. The lowest BCUT2D eigenvalue weighted by Crippen LogP contribution is -2.33. The number of nitrogens with one attached hydrogen (secondary N) is 1. The number of benzene rings is 1. The Morgan fingerprint density at radius 2 is 2.20 bits per heavy atom. The molecule has 0 unspecified atom stereocenters. The molecule has 2 aromatic rings. The van der Waals surface area contributed by atoms with Gasteiger partial charge in [-0.3, -0.25) is 9.36 Å². The number of aromatic nitrogens is 1. The van der Waals surface area contributed by atoms with E-state index >= 15 is 0 Å². The first-order valence-electron chi connectivity index (χ1n) is 6.51. The summed E-state index contributed by atoms with van der Waals surface area (Å²) in [5.41, 5.74) is 1.58. The molecule has 1 amide bonds. The maximum absolute atomic E-state index is 11.8. The summed E-state index contributed by atoms with van der Waals surface area (Å²) >= 11 is 0. The summed E-state index contributed by atoms with van der Waals surface area (Å²) in [5.74, 6) is -0.467. The quantitative estimate of drug-likeness (QED) is 0.849. The van der Waals surface area contributed by atoms with Crippen molar-refractivity contribution in [3.8, 4) is 0 Å². The molecule has 2 rings (SSSR count).